The number of unbranched alkanes of at least 4 members (excludes halogenated alkanes) is 2. The van der Waals surface area contributed by atoms with Crippen molar-refractivity contribution in [1.82, 2.24) is 40.4 Å². The van der Waals surface area contributed by atoms with E-state index in [4.69, 9.17) is 0 Å². The second-order valence-electron chi connectivity index (χ2n) is 8.52. The van der Waals surface area contributed by atoms with Crippen molar-refractivity contribution in [2.75, 3.05) is 0 Å². The average molecular weight is 479 g/mol. The van der Waals surface area contributed by atoms with E-state index in [0.29, 0.717) is 17.8 Å². The Morgan fingerprint density at radius 1 is 0.972 bits per heavy atom. The van der Waals surface area contributed by atoms with Crippen LogP contribution < -0.4 is 0 Å². The molecule has 0 saturated carbocycles. The number of ketones is 1. The molecule has 5 rings (SSSR count). The van der Waals surface area contributed by atoms with Crippen molar-refractivity contribution in [2.45, 2.75) is 39.2 Å². The van der Waals surface area contributed by atoms with E-state index in [1.165, 1.54) is 0 Å². The number of H-pyrrole nitrogens is 1. The number of pyridine rings is 1. The molecule has 180 valence electrons. The summed E-state index contributed by atoms with van der Waals surface area (Å²) in [6, 6.07) is 19.3. The number of aromatic nitrogens is 8. The maximum absolute atomic E-state index is 13.0. The molecule has 0 spiro atoms. The SMILES string of the molecule is CCCCCn1nc(C(=O)c2ccccc2)nc1Cc1ccc(-c2cnccc2-c2nnn[nH]2)cc1. The monoisotopic (exact) mass is 478 g/mol. The van der Waals surface area contributed by atoms with E-state index in [2.05, 4.69) is 54.7 Å². The molecular formula is C27H26N8O. The van der Waals surface area contributed by atoms with E-state index >= 15 is 0 Å². The van der Waals surface area contributed by atoms with Crippen molar-refractivity contribution >= 4 is 5.78 Å². The average Bonchev–Trinajstić information content (AvgIpc) is 3.60. The maximum Gasteiger partial charge on any atom is 0.232 e. The summed E-state index contributed by atoms with van der Waals surface area (Å²) in [7, 11) is 0. The first-order valence-electron chi connectivity index (χ1n) is 12.0. The highest BCUT2D eigenvalue weighted by Gasteiger charge is 2.18. The Morgan fingerprint density at radius 2 is 1.81 bits per heavy atom. The largest absolute Gasteiger partial charge is 0.285 e. The number of hydrogen-bond acceptors (Lipinski definition) is 7. The van der Waals surface area contributed by atoms with Gasteiger partial charge in [-0.15, -0.1) is 10.2 Å². The van der Waals surface area contributed by atoms with E-state index in [1.807, 2.05) is 41.1 Å². The Hall–Kier alpha value is -4.53. The van der Waals surface area contributed by atoms with E-state index < -0.39 is 0 Å². The third-order valence-electron chi connectivity index (χ3n) is 6.01. The molecule has 0 aliphatic rings. The minimum Gasteiger partial charge on any atom is -0.285 e. The van der Waals surface area contributed by atoms with Crippen LogP contribution in [0.15, 0.2) is 73.1 Å². The molecule has 9 heteroatoms. The van der Waals surface area contributed by atoms with Gasteiger partial charge in [-0.05, 0) is 34.0 Å². The summed E-state index contributed by atoms with van der Waals surface area (Å²) in [4.78, 5) is 21.9. The molecular weight excluding hydrogens is 452 g/mol. The molecule has 5 aromatic rings. The fourth-order valence-electron chi connectivity index (χ4n) is 4.10. The Kier molecular flexibility index (Phi) is 6.98. The van der Waals surface area contributed by atoms with Crippen LogP contribution in [0.1, 0.15) is 53.8 Å². The predicted octanol–water partition coefficient (Wildman–Crippen LogP) is 4.53. The number of aromatic amines is 1. The highest BCUT2D eigenvalue weighted by molar-refractivity contribution is 6.06. The first-order valence-corrected chi connectivity index (χ1v) is 12.0. The standard InChI is InChI=1S/C27H26N8O/c1-2-3-7-16-35-24(29-27(32-35)25(36)21-8-5-4-6-9-21)17-19-10-12-20(13-11-19)23-18-28-15-14-22(23)26-30-33-34-31-26/h4-6,8-15,18H,2-3,7,16-17H2,1H3,(H,30,31,33,34). The molecule has 0 radical (unpaired) electrons. The first-order chi connectivity index (χ1) is 17.7. The predicted molar refractivity (Wildman–Crippen MR) is 135 cm³/mol. The number of benzene rings is 2. The Bertz CT molecular complexity index is 1430. The van der Waals surface area contributed by atoms with Crippen LogP contribution in [-0.2, 0) is 13.0 Å². The van der Waals surface area contributed by atoms with Gasteiger partial charge in [0.2, 0.25) is 11.6 Å². The topological polar surface area (TPSA) is 115 Å². The summed E-state index contributed by atoms with van der Waals surface area (Å²) in [5.74, 6) is 1.46. The number of nitrogens with one attached hydrogen (secondary N) is 1. The van der Waals surface area contributed by atoms with Crippen LogP contribution in [0, 0.1) is 0 Å². The van der Waals surface area contributed by atoms with E-state index in [9.17, 15) is 4.79 Å². The minimum absolute atomic E-state index is 0.160. The van der Waals surface area contributed by atoms with Crippen molar-refractivity contribution in [1.29, 1.82) is 0 Å². The van der Waals surface area contributed by atoms with Crippen LogP contribution in [0.2, 0.25) is 0 Å². The molecule has 3 aromatic heterocycles. The lowest BCUT2D eigenvalue weighted by Crippen LogP contribution is -2.07. The highest BCUT2D eigenvalue weighted by Crippen LogP contribution is 2.29. The van der Waals surface area contributed by atoms with Gasteiger partial charge in [-0.25, -0.2) is 14.8 Å². The molecule has 0 amide bonds. The molecule has 0 fully saturated rings. The minimum atomic E-state index is -0.160. The lowest BCUT2D eigenvalue weighted by Gasteiger charge is -2.08. The molecule has 0 aliphatic carbocycles. The molecule has 0 aliphatic heterocycles. The Morgan fingerprint density at radius 3 is 2.56 bits per heavy atom. The van der Waals surface area contributed by atoms with E-state index in [-0.39, 0.29) is 11.6 Å². The zero-order valence-corrected chi connectivity index (χ0v) is 20.0. The second kappa shape index (κ2) is 10.8. The number of carbonyl (C=O) groups excluding carboxylic acids is 1. The molecule has 0 bridgehead atoms. The number of carbonyl (C=O) groups is 1. The Balaban J connectivity index is 1.40. The molecule has 9 nitrogen and oxygen atoms in total. The van der Waals surface area contributed by atoms with Gasteiger partial charge in [0.25, 0.3) is 0 Å². The van der Waals surface area contributed by atoms with Gasteiger partial charge in [-0.3, -0.25) is 9.78 Å². The summed E-state index contributed by atoms with van der Waals surface area (Å²) >= 11 is 0. The smallest absolute Gasteiger partial charge is 0.232 e. The summed E-state index contributed by atoms with van der Waals surface area (Å²) in [5, 5.41) is 18.8. The van der Waals surface area contributed by atoms with Crippen molar-refractivity contribution in [3.63, 3.8) is 0 Å². The van der Waals surface area contributed by atoms with Gasteiger partial charge in [0, 0.05) is 42.0 Å². The summed E-state index contributed by atoms with van der Waals surface area (Å²) in [6.07, 6.45) is 7.30. The van der Waals surface area contributed by atoms with Crippen LogP contribution in [0.3, 0.4) is 0 Å². The lowest BCUT2D eigenvalue weighted by molar-refractivity contribution is 0.102. The van der Waals surface area contributed by atoms with Crippen molar-refractivity contribution in [2.24, 2.45) is 0 Å². The van der Waals surface area contributed by atoms with Crippen LogP contribution in [0.5, 0.6) is 0 Å². The van der Waals surface area contributed by atoms with Gasteiger partial charge in [0.15, 0.2) is 5.82 Å². The van der Waals surface area contributed by atoms with Crippen molar-refractivity contribution < 1.29 is 4.79 Å². The molecule has 0 unspecified atom stereocenters. The number of aryl methyl sites for hydroxylation is 1. The second-order valence-corrected chi connectivity index (χ2v) is 8.52. The first kappa shape index (κ1) is 23.2. The van der Waals surface area contributed by atoms with Crippen LogP contribution >= 0.6 is 0 Å². The Labute approximate surface area is 208 Å². The fourth-order valence-corrected chi connectivity index (χ4v) is 4.10. The van der Waals surface area contributed by atoms with Gasteiger partial charge >= 0.3 is 0 Å². The van der Waals surface area contributed by atoms with Crippen molar-refractivity contribution in [3.05, 3.63) is 95.8 Å². The van der Waals surface area contributed by atoms with Gasteiger partial charge < -0.3 is 0 Å². The summed E-state index contributed by atoms with van der Waals surface area (Å²) in [5.41, 5.74) is 4.48. The highest BCUT2D eigenvalue weighted by atomic mass is 16.1. The molecule has 36 heavy (non-hydrogen) atoms. The fraction of sp³-hybridized carbons (Fsp3) is 0.222. The van der Waals surface area contributed by atoms with Crippen LogP contribution in [0.25, 0.3) is 22.5 Å². The van der Waals surface area contributed by atoms with Crippen LogP contribution in [-0.4, -0.2) is 46.2 Å². The van der Waals surface area contributed by atoms with Crippen LogP contribution in [0.4, 0.5) is 0 Å². The zero-order valence-electron chi connectivity index (χ0n) is 20.0. The maximum atomic E-state index is 13.0. The number of hydrogen-bond donors (Lipinski definition) is 1. The van der Waals surface area contributed by atoms with Gasteiger partial charge in [0.05, 0.1) is 0 Å². The normalized spacial score (nSPS) is 11.0. The van der Waals surface area contributed by atoms with Gasteiger partial charge in [-0.2, -0.15) is 0 Å². The molecule has 2 aromatic carbocycles. The number of nitrogens with zero attached hydrogens (tertiary/aromatic N) is 7. The zero-order chi connectivity index (χ0) is 24.7. The quantitative estimate of drug-likeness (QED) is 0.232. The lowest BCUT2D eigenvalue weighted by atomic mass is 9.99. The molecule has 0 atom stereocenters. The molecule has 0 saturated heterocycles. The molecule has 1 N–H and O–H groups in total. The molecule has 3 heterocycles. The van der Waals surface area contributed by atoms with Crippen molar-refractivity contribution in [3.8, 4) is 22.5 Å². The van der Waals surface area contributed by atoms with Gasteiger partial charge in [-0.1, -0.05) is 74.4 Å². The third-order valence-corrected chi connectivity index (χ3v) is 6.01. The van der Waals surface area contributed by atoms with Gasteiger partial charge in [0.1, 0.15) is 5.82 Å². The third kappa shape index (κ3) is 5.10. The summed E-state index contributed by atoms with van der Waals surface area (Å²) < 4.78 is 1.88. The van der Waals surface area contributed by atoms with E-state index in [1.54, 1.807) is 24.5 Å². The van der Waals surface area contributed by atoms with E-state index in [0.717, 1.165) is 53.9 Å². The number of tetrazole rings is 1. The summed E-state index contributed by atoms with van der Waals surface area (Å²) in [6.45, 7) is 2.90. The number of rotatable bonds is 10.